The van der Waals surface area contributed by atoms with Gasteiger partial charge in [-0.1, -0.05) is 44.9 Å². The Morgan fingerprint density at radius 2 is 1.25 bits per heavy atom. The molecule has 0 fully saturated rings. The molecule has 20 heavy (non-hydrogen) atoms. The quantitative estimate of drug-likeness (QED) is 0.303. The SMILES string of the molecule is COCCOCOCCCCCCCCCCC[C]=O. The number of hydrogen-bond acceptors (Lipinski definition) is 4. The molecule has 0 heterocycles. The Morgan fingerprint density at radius 3 is 1.85 bits per heavy atom. The zero-order chi connectivity index (χ0) is 14.7. The van der Waals surface area contributed by atoms with Gasteiger partial charge in [0.2, 0.25) is 0 Å². The third kappa shape index (κ3) is 17.6. The van der Waals surface area contributed by atoms with E-state index in [1.165, 1.54) is 44.9 Å². The van der Waals surface area contributed by atoms with Crippen molar-refractivity contribution < 1.29 is 19.0 Å². The van der Waals surface area contributed by atoms with Crippen molar-refractivity contribution >= 4 is 6.29 Å². The van der Waals surface area contributed by atoms with Crippen LogP contribution in [-0.4, -0.2) is 40.0 Å². The molecule has 0 saturated heterocycles. The minimum Gasteiger partial charge on any atom is -0.382 e. The van der Waals surface area contributed by atoms with Gasteiger partial charge in [-0.3, -0.25) is 4.79 Å². The van der Waals surface area contributed by atoms with Crippen LogP contribution < -0.4 is 0 Å². The van der Waals surface area contributed by atoms with E-state index >= 15 is 0 Å². The standard InChI is InChI=1S/C16H31O4/c1-18-14-15-20-16-19-13-11-9-7-5-3-2-4-6-8-10-12-17/h2-11,13-16H2,1H3. The third-order valence-corrected chi connectivity index (χ3v) is 3.17. The molecule has 0 aromatic heterocycles. The summed E-state index contributed by atoms with van der Waals surface area (Å²) in [5.41, 5.74) is 0. The van der Waals surface area contributed by atoms with Crippen LogP contribution in [0.25, 0.3) is 0 Å². The van der Waals surface area contributed by atoms with E-state index in [9.17, 15) is 4.79 Å². The van der Waals surface area contributed by atoms with Crippen molar-refractivity contribution in [2.24, 2.45) is 0 Å². The van der Waals surface area contributed by atoms with Crippen molar-refractivity contribution in [1.82, 2.24) is 0 Å². The molecule has 4 nitrogen and oxygen atoms in total. The van der Waals surface area contributed by atoms with Crippen LogP contribution in [0.1, 0.15) is 64.2 Å². The summed E-state index contributed by atoms with van der Waals surface area (Å²) in [7, 11) is 1.66. The molecular formula is C16H31O4. The fraction of sp³-hybridized carbons (Fsp3) is 0.938. The number of rotatable bonds is 17. The van der Waals surface area contributed by atoms with Crippen LogP contribution in [0.15, 0.2) is 0 Å². The summed E-state index contributed by atoms with van der Waals surface area (Å²) in [6, 6.07) is 0. The molecule has 0 spiro atoms. The molecule has 0 aliphatic rings. The molecule has 4 heteroatoms. The van der Waals surface area contributed by atoms with Crippen LogP contribution >= 0.6 is 0 Å². The van der Waals surface area contributed by atoms with Gasteiger partial charge >= 0.3 is 0 Å². The lowest BCUT2D eigenvalue weighted by Crippen LogP contribution is -2.06. The first-order valence-electron chi connectivity index (χ1n) is 7.91. The number of carbonyl (C=O) groups excluding carboxylic acids is 1. The zero-order valence-electron chi connectivity index (χ0n) is 13.0. The van der Waals surface area contributed by atoms with Crippen molar-refractivity contribution in [1.29, 1.82) is 0 Å². The van der Waals surface area contributed by atoms with E-state index in [0.29, 0.717) is 26.4 Å². The predicted molar refractivity (Wildman–Crippen MR) is 80.5 cm³/mol. The maximum atomic E-state index is 10.0. The Labute approximate surface area is 124 Å². The van der Waals surface area contributed by atoms with Crippen LogP contribution in [0.3, 0.4) is 0 Å². The number of unbranched alkanes of at least 4 members (excludes halogenated alkanes) is 9. The zero-order valence-corrected chi connectivity index (χ0v) is 13.0. The molecule has 0 unspecified atom stereocenters. The molecule has 0 aliphatic heterocycles. The van der Waals surface area contributed by atoms with Crippen molar-refractivity contribution in [2.75, 3.05) is 33.7 Å². The Bertz CT molecular complexity index is 185. The van der Waals surface area contributed by atoms with Gasteiger partial charge in [-0.15, -0.1) is 0 Å². The van der Waals surface area contributed by atoms with E-state index in [2.05, 4.69) is 0 Å². The lowest BCUT2D eigenvalue weighted by molar-refractivity contribution is -0.0664. The summed E-state index contributed by atoms with van der Waals surface area (Å²) in [6.07, 6.45) is 13.5. The number of ether oxygens (including phenoxy) is 3. The molecule has 0 aromatic carbocycles. The van der Waals surface area contributed by atoms with Crippen LogP contribution in [0.2, 0.25) is 0 Å². The molecule has 0 amide bonds. The molecule has 0 rings (SSSR count). The second-order valence-corrected chi connectivity index (χ2v) is 5.00. The minimum atomic E-state index is 0.377. The summed E-state index contributed by atoms with van der Waals surface area (Å²) in [5.74, 6) is 0. The van der Waals surface area contributed by atoms with Gasteiger partial charge in [0.15, 0.2) is 6.29 Å². The van der Waals surface area contributed by atoms with Gasteiger partial charge in [-0.2, -0.15) is 0 Å². The van der Waals surface area contributed by atoms with Crippen molar-refractivity contribution in [2.45, 2.75) is 64.2 Å². The van der Waals surface area contributed by atoms with Crippen LogP contribution in [0.4, 0.5) is 0 Å². The van der Waals surface area contributed by atoms with Crippen molar-refractivity contribution in [3.63, 3.8) is 0 Å². The summed E-state index contributed by atoms with van der Waals surface area (Å²) >= 11 is 0. The third-order valence-electron chi connectivity index (χ3n) is 3.17. The average molecular weight is 287 g/mol. The molecule has 0 bridgehead atoms. The van der Waals surface area contributed by atoms with E-state index in [0.717, 1.165) is 19.4 Å². The summed E-state index contributed by atoms with van der Waals surface area (Å²) in [6.45, 7) is 2.38. The average Bonchev–Trinajstić information content (AvgIpc) is 2.47. The van der Waals surface area contributed by atoms with E-state index < -0.39 is 0 Å². The number of hydrogen-bond donors (Lipinski definition) is 0. The molecule has 0 aromatic rings. The molecule has 0 saturated carbocycles. The highest BCUT2D eigenvalue weighted by Gasteiger charge is 1.94. The van der Waals surface area contributed by atoms with Crippen LogP contribution in [0.5, 0.6) is 0 Å². The van der Waals surface area contributed by atoms with Crippen LogP contribution in [0, 0.1) is 0 Å². The first kappa shape index (κ1) is 19.6. The molecule has 0 N–H and O–H groups in total. The Morgan fingerprint density at radius 1 is 0.700 bits per heavy atom. The van der Waals surface area contributed by atoms with Gasteiger partial charge in [0, 0.05) is 20.1 Å². The molecule has 0 atom stereocenters. The maximum Gasteiger partial charge on any atom is 0.198 e. The molecular weight excluding hydrogens is 256 g/mol. The molecule has 1 radical (unpaired) electrons. The summed E-state index contributed by atoms with van der Waals surface area (Å²) < 4.78 is 15.4. The smallest absolute Gasteiger partial charge is 0.198 e. The highest BCUT2D eigenvalue weighted by molar-refractivity contribution is 5.50. The fourth-order valence-corrected chi connectivity index (χ4v) is 1.96. The lowest BCUT2D eigenvalue weighted by Gasteiger charge is -2.05. The second kappa shape index (κ2) is 18.6. The van der Waals surface area contributed by atoms with Gasteiger partial charge < -0.3 is 14.2 Å². The van der Waals surface area contributed by atoms with Gasteiger partial charge in [0.05, 0.1) is 13.2 Å². The Balaban J connectivity index is 2.90. The number of methoxy groups -OCH3 is 1. The van der Waals surface area contributed by atoms with Crippen molar-refractivity contribution in [3.8, 4) is 0 Å². The van der Waals surface area contributed by atoms with Gasteiger partial charge in [-0.05, 0) is 12.8 Å². The highest BCUT2D eigenvalue weighted by atomic mass is 16.7. The second-order valence-electron chi connectivity index (χ2n) is 5.00. The molecule has 119 valence electrons. The predicted octanol–water partition coefficient (Wildman–Crippen LogP) is 3.63. The normalized spacial score (nSPS) is 10.8. The van der Waals surface area contributed by atoms with E-state index in [-0.39, 0.29) is 0 Å². The van der Waals surface area contributed by atoms with Gasteiger partial charge in [-0.25, -0.2) is 0 Å². The monoisotopic (exact) mass is 287 g/mol. The molecule has 0 aliphatic carbocycles. The Kier molecular flexibility index (Phi) is 18.1. The minimum absolute atomic E-state index is 0.377. The summed E-state index contributed by atoms with van der Waals surface area (Å²) in [5, 5.41) is 0. The Hall–Kier alpha value is -0.450. The highest BCUT2D eigenvalue weighted by Crippen LogP contribution is 2.10. The topological polar surface area (TPSA) is 44.8 Å². The fourth-order valence-electron chi connectivity index (χ4n) is 1.96. The first-order valence-corrected chi connectivity index (χ1v) is 7.91. The van der Waals surface area contributed by atoms with Crippen LogP contribution in [-0.2, 0) is 19.0 Å². The van der Waals surface area contributed by atoms with Crippen molar-refractivity contribution in [3.05, 3.63) is 0 Å². The maximum absolute atomic E-state index is 10.0. The summed E-state index contributed by atoms with van der Waals surface area (Å²) in [4.78, 5) is 10.0. The van der Waals surface area contributed by atoms with E-state index in [1.807, 2.05) is 6.29 Å². The first-order chi connectivity index (χ1) is 9.91. The lowest BCUT2D eigenvalue weighted by atomic mass is 10.1. The van der Waals surface area contributed by atoms with Gasteiger partial charge in [0.1, 0.15) is 6.79 Å². The largest absolute Gasteiger partial charge is 0.382 e. The van der Waals surface area contributed by atoms with Gasteiger partial charge in [0.25, 0.3) is 0 Å². The van der Waals surface area contributed by atoms with E-state index in [4.69, 9.17) is 14.2 Å². The van der Waals surface area contributed by atoms with E-state index in [1.54, 1.807) is 7.11 Å².